The summed E-state index contributed by atoms with van der Waals surface area (Å²) >= 11 is 6.08. The van der Waals surface area contributed by atoms with E-state index in [1.165, 1.54) is 17.7 Å². The van der Waals surface area contributed by atoms with Gasteiger partial charge in [-0.3, -0.25) is 14.2 Å². The Morgan fingerprint density at radius 1 is 1.18 bits per heavy atom. The molecule has 0 unspecified atom stereocenters. The molecule has 1 aliphatic carbocycles. The van der Waals surface area contributed by atoms with Crippen LogP contribution in [0.25, 0.3) is 16.6 Å². The summed E-state index contributed by atoms with van der Waals surface area (Å²) < 4.78 is 7.47. The Hall–Kier alpha value is -3.06. The number of ether oxygens (including phenoxy) is 1. The van der Waals surface area contributed by atoms with Gasteiger partial charge in [-0.25, -0.2) is 9.36 Å². The predicted octanol–water partition coefficient (Wildman–Crippen LogP) is 2.09. The number of amides is 1. The van der Waals surface area contributed by atoms with E-state index in [0.29, 0.717) is 27.4 Å². The molecule has 7 nitrogen and oxygen atoms in total. The molecule has 1 amide bonds. The number of methoxy groups -OCH3 is 1. The normalized spacial score (nSPS) is 13.5. The van der Waals surface area contributed by atoms with Crippen molar-refractivity contribution in [2.45, 2.75) is 25.4 Å². The Balaban J connectivity index is 1.91. The van der Waals surface area contributed by atoms with E-state index in [9.17, 15) is 14.4 Å². The van der Waals surface area contributed by atoms with Gasteiger partial charge in [0.05, 0.1) is 23.7 Å². The van der Waals surface area contributed by atoms with Crippen molar-refractivity contribution in [3.63, 3.8) is 0 Å². The molecule has 28 heavy (non-hydrogen) atoms. The SMILES string of the molecule is COc1ccc(-n2c(=O)c3ccc(Cl)cc3n(CC(=O)NC3CC3)c2=O)cc1. The summed E-state index contributed by atoms with van der Waals surface area (Å²) in [7, 11) is 1.53. The first-order chi connectivity index (χ1) is 13.5. The van der Waals surface area contributed by atoms with Crippen molar-refractivity contribution >= 4 is 28.4 Å². The molecule has 2 aromatic carbocycles. The number of fused-ring (bicyclic) bond motifs is 1. The van der Waals surface area contributed by atoms with Crippen LogP contribution in [-0.2, 0) is 11.3 Å². The monoisotopic (exact) mass is 399 g/mol. The van der Waals surface area contributed by atoms with E-state index in [2.05, 4.69) is 5.32 Å². The second-order valence-electron chi connectivity index (χ2n) is 6.71. The van der Waals surface area contributed by atoms with Gasteiger partial charge in [0.25, 0.3) is 5.56 Å². The second-order valence-corrected chi connectivity index (χ2v) is 7.15. The topological polar surface area (TPSA) is 82.3 Å². The van der Waals surface area contributed by atoms with Crippen molar-refractivity contribution < 1.29 is 9.53 Å². The fourth-order valence-electron chi connectivity index (χ4n) is 3.10. The second kappa shape index (κ2) is 7.16. The van der Waals surface area contributed by atoms with Crippen molar-refractivity contribution in [2.75, 3.05) is 7.11 Å². The van der Waals surface area contributed by atoms with Gasteiger partial charge in [-0.15, -0.1) is 0 Å². The first kappa shape index (κ1) is 18.3. The van der Waals surface area contributed by atoms with Crippen molar-refractivity contribution in [3.8, 4) is 11.4 Å². The maximum absolute atomic E-state index is 13.2. The van der Waals surface area contributed by atoms with Crippen molar-refractivity contribution in [3.05, 3.63) is 68.3 Å². The molecule has 0 aliphatic heterocycles. The van der Waals surface area contributed by atoms with Gasteiger partial charge in [0.2, 0.25) is 5.91 Å². The highest BCUT2D eigenvalue weighted by atomic mass is 35.5. The van der Waals surface area contributed by atoms with Gasteiger partial charge in [0, 0.05) is 11.1 Å². The van der Waals surface area contributed by atoms with E-state index in [4.69, 9.17) is 16.3 Å². The minimum Gasteiger partial charge on any atom is -0.497 e. The number of hydrogen-bond acceptors (Lipinski definition) is 4. The van der Waals surface area contributed by atoms with Crippen LogP contribution in [0.2, 0.25) is 5.02 Å². The summed E-state index contributed by atoms with van der Waals surface area (Å²) in [5.74, 6) is 0.333. The lowest BCUT2D eigenvalue weighted by atomic mass is 10.2. The molecule has 3 aromatic rings. The summed E-state index contributed by atoms with van der Waals surface area (Å²) in [6, 6.07) is 11.4. The number of hydrogen-bond donors (Lipinski definition) is 1. The van der Waals surface area contributed by atoms with Crippen LogP contribution in [0.3, 0.4) is 0 Å². The number of rotatable bonds is 5. The van der Waals surface area contributed by atoms with E-state index in [-0.39, 0.29) is 18.5 Å². The van der Waals surface area contributed by atoms with E-state index in [1.54, 1.807) is 36.4 Å². The molecule has 8 heteroatoms. The highest BCUT2D eigenvalue weighted by molar-refractivity contribution is 6.31. The first-order valence-electron chi connectivity index (χ1n) is 8.87. The van der Waals surface area contributed by atoms with Crippen LogP contribution < -0.4 is 21.3 Å². The van der Waals surface area contributed by atoms with E-state index >= 15 is 0 Å². The van der Waals surface area contributed by atoms with Gasteiger partial charge in [0.15, 0.2) is 0 Å². The molecule has 0 bridgehead atoms. The Morgan fingerprint density at radius 3 is 2.54 bits per heavy atom. The highest BCUT2D eigenvalue weighted by Gasteiger charge is 2.24. The largest absolute Gasteiger partial charge is 0.497 e. The van der Waals surface area contributed by atoms with Crippen LogP contribution >= 0.6 is 11.6 Å². The maximum atomic E-state index is 13.2. The fourth-order valence-corrected chi connectivity index (χ4v) is 3.26. The molecule has 1 aromatic heterocycles. The summed E-state index contributed by atoms with van der Waals surface area (Å²) in [6.07, 6.45) is 1.89. The molecule has 4 rings (SSSR count). The van der Waals surface area contributed by atoms with Crippen LogP contribution in [0.1, 0.15) is 12.8 Å². The molecular formula is C20H18ClN3O4. The Bertz CT molecular complexity index is 1180. The van der Waals surface area contributed by atoms with E-state index in [1.807, 2.05) is 0 Å². The molecule has 1 N–H and O–H groups in total. The molecule has 1 aliphatic rings. The summed E-state index contributed by atoms with van der Waals surface area (Å²) in [4.78, 5) is 38.5. The van der Waals surface area contributed by atoms with Gasteiger partial charge >= 0.3 is 5.69 Å². The first-order valence-corrected chi connectivity index (χ1v) is 9.24. The lowest BCUT2D eigenvalue weighted by molar-refractivity contribution is -0.121. The van der Waals surface area contributed by atoms with Crippen molar-refractivity contribution in [2.24, 2.45) is 0 Å². The molecule has 144 valence electrons. The Labute approximate surface area is 165 Å². The predicted molar refractivity (Wildman–Crippen MR) is 107 cm³/mol. The zero-order valence-corrected chi connectivity index (χ0v) is 15.9. The number of carbonyl (C=O) groups is 1. The maximum Gasteiger partial charge on any atom is 0.336 e. The lowest BCUT2D eigenvalue weighted by Crippen LogP contribution is -2.42. The smallest absolute Gasteiger partial charge is 0.336 e. The minimum atomic E-state index is -0.601. The fraction of sp³-hybridized carbons (Fsp3) is 0.250. The number of carbonyl (C=O) groups excluding carboxylic acids is 1. The number of nitrogens with one attached hydrogen (secondary N) is 1. The number of halogens is 1. The molecule has 1 heterocycles. The molecule has 0 saturated heterocycles. The van der Waals surface area contributed by atoms with Crippen LogP contribution in [0.5, 0.6) is 5.75 Å². The quantitative estimate of drug-likeness (QED) is 0.712. The zero-order valence-electron chi connectivity index (χ0n) is 15.1. The molecule has 0 spiro atoms. The van der Waals surface area contributed by atoms with Gasteiger partial charge < -0.3 is 10.1 Å². The highest BCUT2D eigenvalue weighted by Crippen LogP contribution is 2.20. The molecule has 1 fully saturated rings. The Morgan fingerprint density at radius 2 is 1.89 bits per heavy atom. The standard InChI is InChI=1S/C20H18ClN3O4/c1-28-15-7-5-14(6-8-15)24-19(26)16-9-2-12(21)10-17(16)23(20(24)27)11-18(25)22-13-3-4-13/h2,5-10,13H,3-4,11H2,1H3,(H,22,25). The minimum absolute atomic E-state index is 0.172. The third kappa shape index (κ3) is 3.41. The van der Waals surface area contributed by atoms with Crippen LogP contribution in [0, 0.1) is 0 Å². The van der Waals surface area contributed by atoms with Crippen LogP contribution in [0.15, 0.2) is 52.1 Å². The van der Waals surface area contributed by atoms with Crippen molar-refractivity contribution in [1.82, 2.24) is 14.5 Å². The van der Waals surface area contributed by atoms with Gasteiger partial charge in [-0.05, 0) is 55.3 Å². The lowest BCUT2D eigenvalue weighted by Gasteiger charge is -2.14. The number of aromatic nitrogens is 2. The summed E-state index contributed by atoms with van der Waals surface area (Å²) in [6.45, 7) is -0.192. The molecule has 1 saturated carbocycles. The van der Waals surface area contributed by atoms with Crippen LogP contribution in [0.4, 0.5) is 0 Å². The van der Waals surface area contributed by atoms with Crippen LogP contribution in [-0.4, -0.2) is 28.2 Å². The third-order valence-corrected chi connectivity index (χ3v) is 4.92. The van der Waals surface area contributed by atoms with Gasteiger partial charge in [0.1, 0.15) is 12.3 Å². The molecular weight excluding hydrogens is 382 g/mol. The average molecular weight is 400 g/mol. The number of nitrogens with zero attached hydrogens (tertiary/aromatic N) is 2. The summed E-state index contributed by atoms with van der Waals surface area (Å²) in [5, 5.41) is 3.55. The Kier molecular flexibility index (Phi) is 4.68. The van der Waals surface area contributed by atoms with E-state index in [0.717, 1.165) is 17.4 Å². The average Bonchev–Trinajstić information content (AvgIpc) is 3.49. The van der Waals surface area contributed by atoms with E-state index < -0.39 is 11.2 Å². The van der Waals surface area contributed by atoms with Gasteiger partial charge in [-0.2, -0.15) is 0 Å². The molecule has 0 atom stereocenters. The zero-order chi connectivity index (χ0) is 19.8. The van der Waals surface area contributed by atoms with Crippen molar-refractivity contribution in [1.29, 1.82) is 0 Å². The summed E-state index contributed by atoms with van der Waals surface area (Å²) in [5.41, 5.74) is -0.348. The third-order valence-electron chi connectivity index (χ3n) is 4.68. The molecule has 0 radical (unpaired) electrons. The number of benzene rings is 2. The van der Waals surface area contributed by atoms with Gasteiger partial charge in [-0.1, -0.05) is 11.6 Å².